The topological polar surface area (TPSA) is 21.3 Å². The van der Waals surface area contributed by atoms with Gasteiger partial charge in [-0.25, -0.2) is 0 Å². The first kappa shape index (κ1) is 13.0. The molecule has 0 amide bonds. The van der Waals surface area contributed by atoms with Crippen molar-refractivity contribution in [2.45, 2.75) is 25.8 Å². The maximum Gasteiger partial charge on any atom is 0.122 e. The van der Waals surface area contributed by atoms with Crippen molar-refractivity contribution < 1.29 is 4.74 Å². The summed E-state index contributed by atoms with van der Waals surface area (Å²) in [6, 6.07) is 6.65. The maximum absolute atomic E-state index is 5.31. The molecule has 19 heavy (non-hydrogen) atoms. The monoisotopic (exact) mass is 321 g/mol. The van der Waals surface area contributed by atoms with E-state index in [-0.39, 0.29) is 0 Å². The summed E-state index contributed by atoms with van der Waals surface area (Å²) in [7, 11) is 1.70. The van der Waals surface area contributed by atoms with Gasteiger partial charge < -0.3 is 10.1 Å². The van der Waals surface area contributed by atoms with E-state index < -0.39 is 0 Å². The van der Waals surface area contributed by atoms with E-state index in [2.05, 4.69) is 52.5 Å². The standard InChI is InChI=1S/C16H20BrNO/c1-10(16-6-11-3-4-12(16)5-11)18-14-7-13(17)8-15(9-14)19-2/h3-4,7-12,16,18H,5-6H2,1-2H3. The molecule has 1 fully saturated rings. The molecule has 0 aromatic heterocycles. The first-order valence-electron chi connectivity index (χ1n) is 6.95. The van der Waals surface area contributed by atoms with E-state index in [1.54, 1.807) is 7.11 Å². The Labute approximate surface area is 123 Å². The van der Waals surface area contributed by atoms with Gasteiger partial charge in [0.25, 0.3) is 0 Å². The molecule has 0 heterocycles. The fourth-order valence-corrected chi connectivity index (χ4v) is 4.00. The van der Waals surface area contributed by atoms with Gasteiger partial charge in [0.1, 0.15) is 5.75 Å². The average Bonchev–Trinajstić information content (AvgIpc) is 3.00. The highest BCUT2D eigenvalue weighted by Gasteiger charge is 2.38. The third-order valence-corrected chi connectivity index (χ3v) is 4.93. The zero-order chi connectivity index (χ0) is 13.4. The molecular formula is C16H20BrNO. The van der Waals surface area contributed by atoms with Crippen LogP contribution in [-0.2, 0) is 0 Å². The van der Waals surface area contributed by atoms with Gasteiger partial charge in [0.2, 0.25) is 0 Å². The lowest BCUT2D eigenvalue weighted by Crippen LogP contribution is -2.28. The SMILES string of the molecule is COc1cc(Br)cc(NC(C)C2CC3C=CC2C3)c1. The second kappa shape index (κ2) is 5.20. The second-order valence-electron chi connectivity index (χ2n) is 5.76. The van der Waals surface area contributed by atoms with E-state index >= 15 is 0 Å². The van der Waals surface area contributed by atoms with Crippen molar-refractivity contribution in [3.8, 4) is 5.75 Å². The number of rotatable bonds is 4. The van der Waals surface area contributed by atoms with Crippen LogP contribution in [-0.4, -0.2) is 13.2 Å². The minimum Gasteiger partial charge on any atom is -0.497 e. The second-order valence-corrected chi connectivity index (χ2v) is 6.67. The molecule has 0 saturated heterocycles. The van der Waals surface area contributed by atoms with Gasteiger partial charge in [-0.3, -0.25) is 0 Å². The van der Waals surface area contributed by atoms with Crippen molar-refractivity contribution in [1.82, 2.24) is 0 Å². The van der Waals surface area contributed by atoms with Crippen LogP contribution in [0.4, 0.5) is 5.69 Å². The largest absolute Gasteiger partial charge is 0.497 e. The first-order valence-corrected chi connectivity index (χ1v) is 7.74. The van der Waals surface area contributed by atoms with E-state index in [9.17, 15) is 0 Å². The van der Waals surface area contributed by atoms with Gasteiger partial charge in [-0.1, -0.05) is 28.1 Å². The van der Waals surface area contributed by atoms with Gasteiger partial charge in [0.15, 0.2) is 0 Å². The summed E-state index contributed by atoms with van der Waals surface area (Å²) >= 11 is 3.53. The highest BCUT2D eigenvalue weighted by molar-refractivity contribution is 9.10. The molecule has 1 N–H and O–H groups in total. The van der Waals surface area contributed by atoms with E-state index in [0.717, 1.165) is 33.7 Å². The number of hydrogen-bond donors (Lipinski definition) is 1. The van der Waals surface area contributed by atoms with Crippen LogP contribution >= 0.6 is 15.9 Å². The number of ether oxygens (including phenoxy) is 1. The zero-order valence-corrected chi connectivity index (χ0v) is 13.0. The Kier molecular flexibility index (Phi) is 3.57. The van der Waals surface area contributed by atoms with Crippen molar-refractivity contribution >= 4 is 21.6 Å². The van der Waals surface area contributed by atoms with E-state index in [4.69, 9.17) is 4.74 Å². The zero-order valence-electron chi connectivity index (χ0n) is 11.4. The number of benzene rings is 1. The Morgan fingerprint density at radius 1 is 1.26 bits per heavy atom. The van der Waals surface area contributed by atoms with Crippen LogP contribution in [0.1, 0.15) is 19.8 Å². The molecular weight excluding hydrogens is 302 g/mol. The molecule has 1 aromatic rings. The summed E-state index contributed by atoms with van der Waals surface area (Å²) in [5, 5.41) is 3.64. The van der Waals surface area contributed by atoms with Crippen molar-refractivity contribution in [2.24, 2.45) is 17.8 Å². The lowest BCUT2D eigenvalue weighted by Gasteiger charge is -2.27. The molecule has 3 heteroatoms. The Morgan fingerprint density at radius 3 is 2.74 bits per heavy atom. The van der Waals surface area contributed by atoms with Crippen molar-refractivity contribution in [2.75, 3.05) is 12.4 Å². The number of fused-ring (bicyclic) bond motifs is 2. The highest BCUT2D eigenvalue weighted by Crippen LogP contribution is 2.45. The first-order chi connectivity index (χ1) is 9.15. The average molecular weight is 322 g/mol. The molecule has 3 rings (SSSR count). The molecule has 0 spiro atoms. The van der Waals surface area contributed by atoms with Crippen LogP contribution in [0.3, 0.4) is 0 Å². The lowest BCUT2D eigenvalue weighted by molar-refractivity contribution is 0.399. The van der Waals surface area contributed by atoms with Gasteiger partial charge in [0.05, 0.1) is 7.11 Å². The number of nitrogens with one attached hydrogen (secondary N) is 1. The normalized spacial score (nSPS) is 29.5. The number of methoxy groups -OCH3 is 1. The summed E-state index contributed by atoms with van der Waals surface area (Å²) in [5.41, 5.74) is 1.13. The summed E-state index contributed by atoms with van der Waals surface area (Å²) < 4.78 is 6.36. The van der Waals surface area contributed by atoms with Crippen molar-refractivity contribution in [3.05, 3.63) is 34.8 Å². The summed E-state index contributed by atoms with van der Waals surface area (Å²) in [6.07, 6.45) is 7.51. The van der Waals surface area contributed by atoms with E-state index in [1.165, 1.54) is 12.8 Å². The molecule has 102 valence electrons. The number of hydrogen-bond acceptors (Lipinski definition) is 2. The third kappa shape index (κ3) is 2.66. The predicted molar refractivity (Wildman–Crippen MR) is 82.6 cm³/mol. The molecule has 0 aliphatic heterocycles. The lowest BCUT2D eigenvalue weighted by atomic mass is 9.87. The van der Waals surface area contributed by atoms with E-state index in [1.807, 2.05) is 6.07 Å². The smallest absolute Gasteiger partial charge is 0.122 e. The molecule has 2 aliphatic carbocycles. The van der Waals surface area contributed by atoms with E-state index in [0.29, 0.717) is 6.04 Å². The summed E-state index contributed by atoms with van der Waals surface area (Å²) in [6.45, 7) is 2.30. The number of halogens is 1. The van der Waals surface area contributed by atoms with Crippen molar-refractivity contribution in [1.29, 1.82) is 0 Å². The Hall–Kier alpha value is -0.960. The quantitative estimate of drug-likeness (QED) is 0.826. The Balaban J connectivity index is 1.71. The molecule has 2 nitrogen and oxygen atoms in total. The highest BCUT2D eigenvalue weighted by atomic mass is 79.9. The molecule has 1 saturated carbocycles. The van der Waals surface area contributed by atoms with Crippen LogP contribution in [0.5, 0.6) is 5.75 Å². The van der Waals surface area contributed by atoms with Crippen LogP contribution in [0.2, 0.25) is 0 Å². The predicted octanol–water partition coefficient (Wildman–Crippen LogP) is 4.47. The van der Waals surface area contributed by atoms with Crippen LogP contribution in [0.25, 0.3) is 0 Å². The third-order valence-electron chi connectivity index (χ3n) is 4.47. The van der Waals surface area contributed by atoms with Gasteiger partial charge in [-0.15, -0.1) is 0 Å². The molecule has 4 atom stereocenters. The summed E-state index contributed by atoms with van der Waals surface area (Å²) in [5.74, 6) is 3.26. The van der Waals surface area contributed by atoms with Crippen LogP contribution in [0.15, 0.2) is 34.8 Å². The van der Waals surface area contributed by atoms with Crippen LogP contribution in [0, 0.1) is 17.8 Å². The molecule has 2 bridgehead atoms. The minimum absolute atomic E-state index is 0.499. The Morgan fingerprint density at radius 2 is 2.11 bits per heavy atom. The van der Waals surface area contributed by atoms with Gasteiger partial charge in [0, 0.05) is 22.3 Å². The molecule has 2 aliphatic rings. The maximum atomic E-state index is 5.31. The minimum atomic E-state index is 0.499. The number of anilines is 1. The van der Waals surface area contributed by atoms with Gasteiger partial charge in [-0.2, -0.15) is 0 Å². The fourth-order valence-electron chi connectivity index (χ4n) is 3.53. The molecule has 1 aromatic carbocycles. The molecule has 4 unspecified atom stereocenters. The molecule has 0 radical (unpaired) electrons. The Bertz CT molecular complexity index is 500. The van der Waals surface area contributed by atoms with Crippen LogP contribution < -0.4 is 10.1 Å². The van der Waals surface area contributed by atoms with Gasteiger partial charge in [-0.05, 0) is 49.7 Å². The van der Waals surface area contributed by atoms with Gasteiger partial charge >= 0.3 is 0 Å². The number of allylic oxidation sites excluding steroid dienone is 2. The summed E-state index contributed by atoms with van der Waals surface area (Å²) in [4.78, 5) is 0. The van der Waals surface area contributed by atoms with Crippen molar-refractivity contribution in [3.63, 3.8) is 0 Å². The fraction of sp³-hybridized carbons (Fsp3) is 0.500.